The summed E-state index contributed by atoms with van der Waals surface area (Å²) in [4.78, 5) is 76.9. The van der Waals surface area contributed by atoms with Crippen molar-refractivity contribution in [1.29, 1.82) is 0 Å². The molecule has 0 fully saturated rings. The van der Waals surface area contributed by atoms with Crippen LogP contribution in [-0.2, 0) is 47.1 Å². The van der Waals surface area contributed by atoms with Gasteiger partial charge in [-0.05, 0) is 117 Å². The van der Waals surface area contributed by atoms with Crippen molar-refractivity contribution in [3.05, 3.63) is 203 Å². The number of aromatic hydroxyl groups is 4. The Morgan fingerprint density at radius 1 is 0.386 bits per heavy atom. The van der Waals surface area contributed by atoms with Crippen LogP contribution in [0, 0.1) is 0 Å². The van der Waals surface area contributed by atoms with E-state index in [2.05, 4.69) is 58.2 Å². The maximum atomic E-state index is 11.8. The number of carbonyl (C=O) groups excluding carboxylic acids is 7. The van der Waals surface area contributed by atoms with E-state index in [9.17, 15) is 43.8 Å². The first-order valence-corrected chi connectivity index (χ1v) is 26.7. The zero-order valence-corrected chi connectivity index (χ0v) is 49.3. The molecule has 0 saturated heterocycles. The zero-order valence-electron chi connectivity index (χ0n) is 46.1. The second-order valence-electron chi connectivity index (χ2n) is 16.6. The van der Waals surface area contributed by atoms with Gasteiger partial charge in [0.1, 0.15) is 64.5 Å². The number of ketones is 4. The lowest BCUT2D eigenvalue weighted by atomic mass is 10.1. The van der Waals surface area contributed by atoms with Crippen molar-refractivity contribution < 1.29 is 87.1 Å². The van der Waals surface area contributed by atoms with Gasteiger partial charge in [-0.15, -0.1) is 0 Å². The van der Waals surface area contributed by atoms with Gasteiger partial charge in [0.2, 0.25) is 0 Å². The van der Waals surface area contributed by atoms with Gasteiger partial charge in [-0.1, -0.05) is 130 Å². The van der Waals surface area contributed by atoms with Crippen LogP contribution in [0.1, 0.15) is 93.2 Å². The highest BCUT2D eigenvalue weighted by molar-refractivity contribution is 9.09. The molecule has 0 saturated carbocycles. The van der Waals surface area contributed by atoms with E-state index in [-0.39, 0.29) is 101 Å². The van der Waals surface area contributed by atoms with Gasteiger partial charge in [0, 0.05) is 5.33 Å². The number of methoxy groups -OCH3 is 3. The monoisotopic (exact) mass is 1270 g/mol. The molecular weight excluding hydrogens is 1200 g/mol. The molecule has 0 heterocycles. The fourth-order valence-corrected chi connectivity index (χ4v) is 6.71. The Balaban J connectivity index is 0.000000521. The number of Topliss-reactive ketones (excluding diaryl/α,β-unsaturated/α-hetero) is 4. The summed E-state index contributed by atoms with van der Waals surface area (Å²) in [7, 11) is 3.87. The summed E-state index contributed by atoms with van der Waals surface area (Å²) < 4.78 is 34.8. The highest BCUT2D eigenvalue weighted by atomic mass is 79.9. The zero-order chi connectivity index (χ0) is 61.0. The van der Waals surface area contributed by atoms with Crippen molar-refractivity contribution in [3.63, 3.8) is 0 Å². The quantitative estimate of drug-likeness (QED) is 0.0204. The molecule has 0 spiro atoms. The van der Waals surface area contributed by atoms with Crippen molar-refractivity contribution in [3.8, 4) is 46.0 Å². The van der Waals surface area contributed by atoms with Crippen molar-refractivity contribution >= 4 is 72.9 Å². The second kappa shape index (κ2) is 40.2. The SMILES string of the molecule is BrCc1ccccc1.C.CC(=O)c1cc(O)ccc1O.CC(=O)c1cc(OCc2ccccc2)ccc1O.COC(=O)CBr.COC(=O)COc1ccc(O)cc1C(C)=O.COC(=O)COc1ccc(OCc2ccccc2)cc1C(C)=O. The standard InChI is InChI=1S/C18H18O5.C15H14O3.C11H12O5.C8H8O3.C7H7Br.C3H5BrO2.CH4/c1-13(19)16-10-15(22-11-14-6-4-3-5-7-14)8-9-17(16)23-12-18(20)21-2;1-11(16)14-9-13(7-8-15(14)17)18-10-12-5-3-2-4-6-12;1-7(12)9-5-8(13)3-4-10(9)16-6-11(14)15-2;1-5(9)7-4-6(10)2-3-8(7)11;8-6-7-4-2-1-3-5-7;1-6-3(5)2-4;/h3-10H,11-12H2,1-2H3;2-9,17H,10H2,1H3;3-5,13H,6H2,1-2H3;2-4,10-11H,1H3;1-5H,6H2;2H2,1H3;1H4. The minimum atomic E-state index is -0.539. The van der Waals surface area contributed by atoms with Gasteiger partial charge in [0.25, 0.3) is 0 Å². The maximum Gasteiger partial charge on any atom is 0.343 e. The summed E-state index contributed by atoms with van der Waals surface area (Å²) >= 11 is 6.26. The van der Waals surface area contributed by atoms with Crippen LogP contribution in [0.3, 0.4) is 0 Å². The summed E-state index contributed by atoms with van der Waals surface area (Å²) in [5.41, 5.74) is 4.42. The average molecular weight is 1270 g/mol. The molecule has 20 heteroatoms. The molecule has 83 heavy (non-hydrogen) atoms. The highest BCUT2D eigenvalue weighted by Crippen LogP contribution is 2.28. The lowest BCUT2D eigenvalue weighted by molar-refractivity contribution is -0.143. The van der Waals surface area contributed by atoms with Crippen LogP contribution in [0.25, 0.3) is 0 Å². The number of alkyl halides is 2. The third kappa shape index (κ3) is 28.8. The molecule has 18 nitrogen and oxygen atoms in total. The molecule has 4 N–H and O–H groups in total. The lowest BCUT2D eigenvalue weighted by Crippen LogP contribution is -2.14. The van der Waals surface area contributed by atoms with Gasteiger partial charge in [-0.2, -0.15) is 0 Å². The number of phenolic OH excluding ortho intramolecular Hbond substituents is 4. The molecule has 7 rings (SSSR count). The van der Waals surface area contributed by atoms with Gasteiger partial charge >= 0.3 is 17.9 Å². The summed E-state index contributed by atoms with van der Waals surface area (Å²) in [6.45, 7) is 5.83. The smallest absolute Gasteiger partial charge is 0.343 e. The molecule has 0 bridgehead atoms. The molecule has 0 unspecified atom stereocenters. The summed E-state index contributed by atoms with van der Waals surface area (Å²) in [5.74, 6) is -0.631. The third-order valence-corrected chi connectivity index (χ3v) is 11.5. The van der Waals surface area contributed by atoms with Crippen LogP contribution in [0.15, 0.2) is 164 Å². The van der Waals surface area contributed by atoms with Gasteiger partial charge in [-0.25, -0.2) is 9.59 Å². The summed E-state index contributed by atoms with van der Waals surface area (Å²) in [6.07, 6.45) is 0. The maximum absolute atomic E-state index is 11.8. The number of esters is 3. The molecular formula is C63H68Br2O18. The summed E-state index contributed by atoms with van der Waals surface area (Å²) in [5, 5.41) is 38.0. The van der Waals surface area contributed by atoms with Gasteiger partial charge in [-0.3, -0.25) is 24.0 Å². The van der Waals surface area contributed by atoms with Crippen LogP contribution in [0.5, 0.6) is 46.0 Å². The number of ether oxygens (including phenoxy) is 7. The molecule has 0 aliphatic rings. The number of phenols is 4. The Morgan fingerprint density at radius 3 is 1.06 bits per heavy atom. The second-order valence-corrected chi connectivity index (χ2v) is 17.7. The van der Waals surface area contributed by atoms with E-state index in [1.807, 2.05) is 78.9 Å². The molecule has 7 aromatic rings. The first-order chi connectivity index (χ1) is 39.2. The highest BCUT2D eigenvalue weighted by Gasteiger charge is 2.14. The predicted molar refractivity (Wildman–Crippen MR) is 321 cm³/mol. The molecule has 0 aliphatic carbocycles. The van der Waals surface area contributed by atoms with Crippen LogP contribution in [0.4, 0.5) is 0 Å². The minimum absolute atomic E-state index is 0. The first-order valence-electron chi connectivity index (χ1n) is 24.5. The Hall–Kier alpha value is -9.01. The predicted octanol–water partition coefficient (Wildman–Crippen LogP) is 12.4. The molecule has 442 valence electrons. The van der Waals surface area contributed by atoms with Crippen LogP contribution in [-0.4, -0.2) is 101 Å². The van der Waals surface area contributed by atoms with Crippen molar-refractivity contribution in [2.75, 3.05) is 39.9 Å². The topological polar surface area (TPSA) is 265 Å². The molecule has 0 radical (unpaired) electrons. The normalized spacial score (nSPS) is 9.51. The van der Waals surface area contributed by atoms with Gasteiger partial charge < -0.3 is 53.6 Å². The molecule has 0 aromatic heterocycles. The minimum Gasteiger partial charge on any atom is -0.508 e. The fraction of sp³-hybridized carbons (Fsp3) is 0.222. The van der Waals surface area contributed by atoms with Crippen molar-refractivity contribution in [2.45, 2.75) is 53.7 Å². The van der Waals surface area contributed by atoms with Crippen molar-refractivity contribution in [2.24, 2.45) is 0 Å². The average Bonchev–Trinajstić information content (AvgIpc) is 3.55. The number of hydrogen-bond acceptors (Lipinski definition) is 18. The Bertz CT molecular complexity index is 3130. The van der Waals surface area contributed by atoms with E-state index in [1.165, 1.54) is 97.1 Å². The fourth-order valence-electron chi connectivity index (χ4n) is 6.11. The van der Waals surface area contributed by atoms with E-state index in [0.717, 1.165) is 16.5 Å². The number of rotatable bonds is 18. The van der Waals surface area contributed by atoms with E-state index in [0.29, 0.717) is 36.0 Å². The molecule has 0 aliphatic heterocycles. The molecule has 0 atom stereocenters. The van der Waals surface area contributed by atoms with Crippen LogP contribution in [0.2, 0.25) is 0 Å². The Kier molecular flexibility index (Phi) is 34.9. The van der Waals surface area contributed by atoms with E-state index in [4.69, 9.17) is 29.2 Å². The summed E-state index contributed by atoms with van der Waals surface area (Å²) in [6, 6.07) is 47.3. The third-order valence-electron chi connectivity index (χ3n) is 10.4. The number of benzene rings is 7. The Labute approximate surface area is 499 Å². The first kappa shape index (κ1) is 72.0. The number of hydrogen-bond donors (Lipinski definition) is 4. The van der Waals surface area contributed by atoms with Gasteiger partial charge in [0.05, 0.1) is 43.6 Å². The van der Waals surface area contributed by atoms with Crippen molar-refractivity contribution in [1.82, 2.24) is 0 Å². The number of carbonyl (C=O) groups is 7. The lowest BCUT2D eigenvalue weighted by Gasteiger charge is -2.12. The molecule has 7 aromatic carbocycles. The van der Waals surface area contributed by atoms with Gasteiger partial charge in [0.15, 0.2) is 36.3 Å². The largest absolute Gasteiger partial charge is 0.508 e. The van der Waals surface area contributed by atoms with Crippen LogP contribution >= 0.6 is 31.9 Å². The van der Waals surface area contributed by atoms with E-state index >= 15 is 0 Å². The number of halogens is 2. The van der Waals surface area contributed by atoms with Crippen LogP contribution < -0.4 is 18.9 Å². The molecule has 0 amide bonds. The van der Waals surface area contributed by atoms with E-state index in [1.54, 1.807) is 30.3 Å². The van der Waals surface area contributed by atoms with E-state index < -0.39 is 11.9 Å². The Morgan fingerprint density at radius 2 is 0.711 bits per heavy atom.